The Kier molecular flexibility index (Phi) is 12.9. The summed E-state index contributed by atoms with van der Waals surface area (Å²) in [6, 6.07) is 27.6. The van der Waals surface area contributed by atoms with Crippen LogP contribution in [0.5, 0.6) is 0 Å². The van der Waals surface area contributed by atoms with E-state index in [9.17, 15) is 19.2 Å². The number of hydrogen-bond acceptors (Lipinski definition) is 6. The first-order chi connectivity index (χ1) is 33.3. The molecule has 2 spiro atoms. The Bertz CT molecular complexity index is 2650. The lowest BCUT2D eigenvalue weighted by Gasteiger charge is -2.42. The van der Waals surface area contributed by atoms with Gasteiger partial charge in [0.15, 0.2) is 0 Å². The zero-order valence-corrected chi connectivity index (χ0v) is 42.4. The largest absolute Gasteiger partial charge is 0.320 e. The standard InChI is InChI=1S/C60H66N6O4/c1-33-15-13-21-59(31-33)43-23-35(3)51(36(4)24-43)63-55(67)47-17-11-19-49(61-47)57(69)65-53-39(7)27-45(28-40(53)8)60(22-14-16-34(2)32-60)46-29-41(9)54(42(10)30-46)66-58(70)50-20-12-18-48(62-50)56(68)64-52-37(5)25-44(59)26-38(52)6/h11-12,17-20,23-30,33-34H,13-16,21-22,31-32H2,1-10H3,(H,63,67)(H,64,68)(H,65,69)(H,66,70). The molecule has 4 N–H and O–H groups in total. The topological polar surface area (TPSA) is 142 Å². The molecule has 4 amide bonds. The lowest BCUT2D eigenvalue weighted by atomic mass is 9.62. The van der Waals surface area contributed by atoms with Gasteiger partial charge >= 0.3 is 0 Å². The molecule has 2 fully saturated rings. The van der Waals surface area contributed by atoms with Crippen LogP contribution in [-0.4, -0.2) is 33.6 Å². The van der Waals surface area contributed by atoms with E-state index in [0.29, 0.717) is 34.6 Å². The quantitative estimate of drug-likeness (QED) is 0.119. The second-order valence-corrected chi connectivity index (χ2v) is 21.1. The van der Waals surface area contributed by atoms with E-state index >= 15 is 0 Å². The monoisotopic (exact) mass is 935 g/mol. The zero-order chi connectivity index (χ0) is 49.8. The molecule has 6 aromatic rings. The molecule has 2 aliphatic carbocycles. The summed E-state index contributed by atoms with van der Waals surface area (Å²) in [4.78, 5) is 65.4. The molecule has 360 valence electrons. The van der Waals surface area contributed by atoms with Crippen LogP contribution in [0.1, 0.15) is 174 Å². The van der Waals surface area contributed by atoms with Gasteiger partial charge in [-0.3, -0.25) is 19.2 Å². The summed E-state index contributed by atoms with van der Waals surface area (Å²) in [7, 11) is 0. The molecular formula is C60H66N6O4. The van der Waals surface area contributed by atoms with Crippen molar-refractivity contribution in [3.8, 4) is 0 Å². The third-order valence-electron chi connectivity index (χ3n) is 15.7. The normalized spacial score (nSPS) is 21.8. The highest BCUT2D eigenvalue weighted by Crippen LogP contribution is 2.51. The van der Waals surface area contributed by atoms with Crippen LogP contribution in [0.2, 0.25) is 0 Å². The number of rotatable bonds is 0. The highest BCUT2D eigenvalue weighted by Gasteiger charge is 2.41. The number of benzene rings is 4. The van der Waals surface area contributed by atoms with Crippen LogP contribution in [0.25, 0.3) is 0 Å². The smallest absolute Gasteiger partial charge is 0.274 e. The third kappa shape index (κ3) is 8.93. The summed E-state index contributed by atoms with van der Waals surface area (Å²) in [5.74, 6) is -0.610. The van der Waals surface area contributed by atoms with Crippen molar-refractivity contribution >= 4 is 46.4 Å². The van der Waals surface area contributed by atoms with Crippen LogP contribution in [-0.2, 0) is 10.8 Å². The third-order valence-corrected chi connectivity index (χ3v) is 15.7. The van der Waals surface area contributed by atoms with Gasteiger partial charge in [-0.1, -0.05) is 100 Å². The van der Waals surface area contributed by atoms with Gasteiger partial charge in [-0.25, -0.2) is 9.97 Å². The van der Waals surface area contributed by atoms with E-state index in [2.05, 4.69) is 93.6 Å². The van der Waals surface area contributed by atoms with E-state index in [1.165, 1.54) is 22.3 Å². The number of anilines is 4. The van der Waals surface area contributed by atoms with Gasteiger partial charge in [0, 0.05) is 33.6 Å². The van der Waals surface area contributed by atoms with Gasteiger partial charge in [0.2, 0.25) is 0 Å². The first kappa shape index (κ1) is 48.1. The molecule has 4 aromatic carbocycles. The maximum absolute atomic E-state index is 14.0. The highest BCUT2D eigenvalue weighted by molar-refractivity contribution is 6.08. The summed E-state index contributed by atoms with van der Waals surface area (Å²) < 4.78 is 0. The van der Waals surface area contributed by atoms with Crippen molar-refractivity contribution in [3.63, 3.8) is 0 Å². The van der Waals surface area contributed by atoms with Crippen molar-refractivity contribution in [2.75, 3.05) is 21.3 Å². The number of carbonyl (C=O) groups is 4. The van der Waals surface area contributed by atoms with Crippen LogP contribution in [0, 0.1) is 67.2 Å². The Balaban J connectivity index is 1.15. The van der Waals surface area contributed by atoms with Gasteiger partial charge in [0.25, 0.3) is 23.6 Å². The predicted molar refractivity (Wildman–Crippen MR) is 281 cm³/mol. The van der Waals surface area contributed by atoms with E-state index in [1.54, 1.807) is 36.4 Å². The van der Waals surface area contributed by atoms with Crippen LogP contribution < -0.4 is 21.3 Å². The van der Waals surface area contributed by atoms with E-state index < -0.39 is 23.6 Å². The van der Waals surface area contributed by atoms with Crippen LogP contribution in [0.15, 0.2) is 84.9 Å². The Morgan fingerprint density at radius 2 is 0.629 bits per heavy atom. The molecule has 10 nitrogen and oxygen atoms in total. The van der Waals surface area contributed by atoms with Gasteiger partial charge < -0.3 is 21.3 Å². The number of aromatic nitrogens is 2. The van der Waals surface area contributed by atoms with Gasteiger partial charge in [-0.2, -0.15) is 0 Å². The molecule has 2 aromatic heterocycles. The van der Waals surface area contributed by atoms with Crippen LogP contribution in [0.3, 0.4) is 0 Å². The zero-order valence-electron chi connectivity index (χ0n) is 42.4. The van der Waals surface area contributed by atoms with E-state index in [1.807, 2.05) is 55.4 Å². The average Bonchev–Trinajstić information content (AvgIpc) is 3.32. The molecule has 12 aliphatic rings. The van der Waals surface area contributed by atoms with Gasteiger partial charge in [-0.15, -0.1) is 0 Å². The first-order valence-corrected chi connectivity index (χ1v) is 25.0. The molecule has 2 unspecified atom stereocenters. The maximum atomic E-state index is 14.0. The molecule has 70 heavy (non-hydrogen) atoms. The molecule has 10 heteroatoms. The van der Waals surface area contributed by atoms with E-state index in [-0.39, 0.29) is 33.6 Å². The number of nitrogens with one attached hydrogen (secondary N) is 4. The number of carbonyl (C=O) groups excluding carboxylic acids is 4. The number of pyridine rings is 2. The summed E-state index contributed by atoms with van der Waals surface area (Å²) in [6.45, 7) is 20.9. The van der Waals surface area contributed by atoms with E-state index in [4.69, 9.17) is 0 Å². The van der Waals surface area contributed by atoms with Crippen molar-refractivity contribution in [2.45, 2.75) is 131 Å². The second kappa shape index (κ2) is 18.8. The number of hydrogen-bond donors (Lipinski definition) is 4. The molecule has 18 rings (SSSR count). The molecule has 2 saturated carbocycles. The molecule has 12 bridgehead atoms. The number of nitrogens with zero attached hydrogens (tertiary/aromatic N) is 2. The first-order valence-electron chi connectivity index (χ1n) is 25.0. The maximum Gasteiger partial charge on any atom is 0.274 e. The van der Waals surface area contributed by atoms with Crippen molar-refractivity contribution in [1.29, 1.82) is 0 Å². The molecule has 0 saturated heterocycles. The molecule has 0 radical (unpaired) electrons. The van der Waals surface area contributed by atoms with Crippen molar-refractivity contribution in [1.82, 2.24) is 9.97 Å². The fraction of sp³-hybridized carbons (Fsp3) is 0.367. The van der Waals surface area contributed by atoms with Crippen molar-refractivity contribution in [2.24, 2.45) is 11.8 Å². The molecular weight excluding hydrogens is 869 g/mol. The van der Waals surface area contributed by atoms with E-state index in [0.717, 1.165) is 95.9 Å². The van der Waals surface area contributed by atoms with Crippen molar-refractivity contribution < 1.29 is 19.2 Å². The molecule has 2 atom stereocenters. The number of amides is 4. The summed E-state index contributed by atoms with van der Waals surface area (Å²) in [5, 5.41) is 12.6. The molecule has 12 heterocycles. The minimum atomic E-state index is -0.393. The van der Waals surface area contributed by atoms with Gasteiger partial charge in [0.1, 0.15) is 22.8 Å². The fourth-order valence-corrected chi connectivity index (χ4v) is 12.3. The Labute approximate surface area is 412 Å². The minimum absolute atomic E-state index is 0.147. The SMILES string of the molecule is Cc1cc2cc(C)c1NC(=O)c1cccc(n1)C(=O)Nc1c(C)cc(cc1C)C1(CCCC(C)C1)c1cc(C)c(c(C)c1)NC(=O)c1cccc(n1)C(=O)Nc1c(C)cc(cc1C)C21CCCC(C)C1. The Hall–Kier alpha value is -6.94. The van der Waals surface area contributed by atoms with Crippen LogP contribution >= 0.6 is 0 Å². The van der Waals surface area contributed by atoms with Gasteiger partial charge in [0.05, 0.1) is 0 Å². The minimum Gasteiger partial charge on any atom is -0.320 e. The number of aryl methyl sites for hydroxylation is 8. The Morgan fingerprint density at radius 3 is 0.843 bits per heavy atom. The highest BCUT2D eigenvalue weighted by atomic mass is 16.2. The average molecular weight is 935 g/mol. The second-order valence-electron chi connectivity index (χ2n) is 21.1. The van der Waals surface area contributed by atoms with Crippen molar-refractivity contribution in [3.05, 3.63) is 174 Å². The molecule has 10 aliphatic heterocycles. The summed E-state index contributed by atoms with van der Waals surface area (Å²) >= 11 is 0. The lowest BCUT2D eigenvalue weighted by Crippen LogP contribution is -2.34. The fourth-order valence-electron chi connectivity index (χ4n) is 12.3. The lowest BCUT2D eigenvalue weighted by molar-refractivity contribution is 0.0998. The summed E-state index contributed by atoms with van der Waals surface area (Å²) in [6.07, 6.45) is 8.23. The van der Waals surface area contributed by atoms with Gasteiger partial charge in [-0.05, 0) is 184 Å². The van der Waals surface area contributed by atoms with Crippen LogP contribution in [0.4, 0.5) is 22.7 Å². The Morgan fingerprint density at radius 1 is 0.400 bits per heavy atom. The predicted octanol–water partition coefficient (Wildman–Crippen LogP) is 13.3. The summed E-state index contributed by atoms with van der Waals surface area (Å²) in [5.41, 5.74) is 15.1.